The molecule has 7 heteroatoms. The van der Waals surface area contributed by atoms with Crippen molar-refractivity contribution in [2.45, 2.75) is 38.3 Å². The second kappa shape index (κ2) is 4.87. The van der Waals surface area contributed by atoms with Crippen molar-refractivity contribution in [1.29, 1.82) is 0 Å². The van der Waals surface area contributed by atoms with Crippen molar-refractivity contribution in [1.82, 2.24) is 9.97 Å². The molecule has 3 rings (SSSR count). The zero-order valence-electron chi connectivity index (χ0n) is 11.0. The number of hydrogen-bond acceptors (Lipinski definition) is 4. The number of nitrogens with zero attached hydrogens (tertiary/aromatic N) is 2. The van der Waals surface area contributed by atoms with Crippen LogP contribution in [0.1, 0.15) is 29.1 Å². The number of thiophene rings is 1. The van der Waals surface area contributed by atoms with E-state index in [0.717, 1.165) is 29.5 Å². The molecule has 0 aliphatic heterocycles. The van der Waals surface area contributed by atoms with Gasteiger partial charge >= 0.3 is 6.18 Å². The molecule has 20 heavy (non-hydrogen) atoms. The molecule has 0 bridgehead atoms. The quantitative estimate of drug-likeness (QED) is 0.939. The van der Waals surface area contributed by atoms with Gasteiger partial charge in [0.15, 0.2) is 0 Å². The van der Waals surface area contributed by atoms with Crippen LogP contribution in [0.2, 0.25) is 0 Å². The van der Waals surface area contributed by atoms with E-state index in [0.29, 0.717) is 5.82 Å². The van der Waals surface area contributed by atoms with E-state index in [1.165, 1.54) is 10.4 Å². The highest BCUT2D eigenvalue weighted by Crippen LogP contribution is 2.39. The Hall–Kier alpha value is -1.37. The predicted octanol–water partition coefficient (Wildman–Crippen LogP) is 3.72. The van der Waals surface area contributed by atoms with Crippen LogP contribution in [-0.2, 0) is 19.3 Å². The molecule has 3 nitrogen and oxygen atoms in total. The lowest BCUT2D eigenvalue weighted by Gasteiger charge is -2.08. The summed E-state index contributed by atoms with van der Waals surface area (Å²) in [5.74, 6) is 0.922. The summed E-state index contributed by atoms with van der Waals surface area (Å²) in [7, 11) is 1.74. The lowest BCUT2D eigenvalue weighted by atomic mass is 10.2. The highest BCUT2D eigenvalue weighted by molar-refractivity contribution is 7.19. The third-order valence-electron chi connectivity index (χ3n) is 3.48. The first-order valence-electron chi connectivity index (χ1n) is 6.53. The van der Waals surface area contributed by atoms with E-state index in [1.807, 2.05) is 0 Å². The minimum atomic E-state index is -4.17. The second-order valence-electron chi connectivity index (χ2n) is 4.89. The Bertz CT molecular complexity index is 648. The maximum absolute atomic E-state index is 12.3. The van der Waals surface area contributed by atoms with Gasteiger partial charge in [-0.05, 0) is 24.8 Å². The largest absolute Gasteiger partial charge is 0.389 e. The van der Waals surface area contributed by atoms with Gasteiger partial charge in [0.2, 0.25) is 0 Å². The van der Waals surface area contributed by atoms with Gasteiger partial charge in [-0.15, -0.1) is 11.3 Å². The topological polar surface area (TPSA) is 37.8 Å². The van der Waals surface area contributed by atoms with Crippen molar-refractivity contribution < 1.29 is 13.2 Å². The molecular weight excluding hydrogens is 287 g/mol. The van der Waals surface area contributed by atoms with Crippen molar-refractivity contribution in [2.75, 3.05) is 12.4 Å². The van der Waals surface area contributed by atoms with Gasteiger partial charge in [-0.1, -0.05) is 0 Å². The average molecular weight is 301 g/mol. The van der Waals surface area contributed by atoms with E-state index in [9.17, 15) is 13.2 Å². The summed E-state index contributed by atoms with van der Waals surface area (Å²) < 4.78 is 36.9. The van der Waals surface area contributed by atoms with Gasteiger partial charge in [-0.3, -0.25) is 0 Å². The third-order valence-corrected chi connectivity index (χ3v) is 4.67. The molecule has 0 saturated heterocycles. The Morgan fingerprint density at radius 3 is 2.75 bits per heavy atom. The smallest absolute Gasteiger partial charge is 0.372 e. The maximum Gasteiger partial charge on any atom is 0.389 e. The van der Waals surface area contributed by atoms with Crippen molar-refractivity contribution >= 4 is 27.4 Å². The van der Waals surface area contributed by atoms with Crippen molar-refractivity contribution in [3.63, 3.8) is 0 Å². The molecule has 108 valence electrons. The van der Waals surface area contributed by atoms with Gasteiger partial charge in [0.05, 0.1) is 11.8 Å². The Morgan fingerprint density at radius 1 is 1.25 bits per heavy atom. The molecule has 0 aromatic carbocycles. The maximum atomic E-state index is 12.3. The standard InChI is InChI=1S/C13H14F3N3S/c1-17-11-10-7-3-2-4-8(7)20-12(10)19-9(18-11)5-6-13(14,15)16/h2-6H2,1H3,(H,17,18,19). The van der Waals surface area contributed by atoms with Crippen LogP contribution in [0.25, 0.3) is 10.2 Å². The molecule has 1 aliphatic rings. The molecule has 0 fully saturated rings. The van der Waals surface area contributed by atoms with Crippen molar-refractivity contribution in [3.05, 3.63) is 16.3 Å². The van der Waals surface area contributed by atoms with E-state index >= 15 is 0 Å². The van der Waals surface area contributed by atoms with Crippen LogP contribution in [0.4, 0.5) is 19.0 Å². The molecule has 0 spiro atoms. The number of alkyl halides is 3. The summed E-state index contributed by atoms with van der Waals surface area (Å²) in [6, 6.07) is 0. The van der Waals surface area contributed by atoms with E-state index in [2.05, 4.69) is 15.3 Å². The van der Waals surface area contributed by atoms with Crippen LogP contribution in [0, 0.1) is 0 Å². The van der Waals surface area contributed by atoms with Gasteiger partial charge in [-0.25, -0.2) is 9.97 Å². The normalized spacial score (nSPS) is 14.8. The van der Waals surface area contributed by atoms with E-state index in [-0.39, 0.29) is 12.2 Å². The minimum absolute atomic E-state index is 0.170. The minimum Gasteiger partial charge on any atom is -0.372 e. The molecule has 2 aromatic rings. The average Bonchev–Trinajstić information content (AvgIpc) is 2.94. The summed E-state index contributed by atoms with van der Waals surface area (Å²) in [5.41, 5.74) is 1.27. The van der Waals surface area contributed by atoms with Crippen LogP contribution in [-0.4, -0.2) is 23.2 Å². The summed E-state index contributed by atoms with van der Waals surface area (Å²) in [6.45, 7) is 0. The molecule has 2 aromatic heterocycles. The molecule has 0 radical (unpaired) electrons. The second-order valence-corrected chi connectivity index (χ2v) is 5.97. The summed E-state index contributed by atoms with van der Waals surface area (Å²) in [6.07, 6.45) is -2.04. The number of anilines is 1. The Morgan fingerprint density at radius 2 is 2.05 bits per heavy atom. The lowest BCUT2D eigenvalue weighted by molar-refractivity contribution is -0.134. The first-order chi connectivity index (χ1) is 9.48. The number of halogens is 3. The molecule has 1 aliphatic carbocycles. The molecule has 0 amide bonds. The van der Waals surface area contributed by atoms with Crippen LogP contribution in [0.5, 0.6) is 0 Å². The van der Waals surface area contributed by atoms with Gasteiger partial charge in [-0.2, -0.15) is 13.2 Å². The molecule has 0 unspecified atom stereocenters. The number of rotatable bonds is 3. The zero-order valence-corrected chi connectivity index (χ0v) is 11.8. The summed E-state index contributed by atoms with van der Waals surface area (Å²) >= 11 is 1.59. The fourth-order valence-corrected chi connectivity index (χ4v) is 3.87. The van der Waals surface area contributed by atoms with Gasteiger partial charge in [0.25, 0.3) is 0 Å². The van der Waals surface area contributed by atoms with Crippen molar-refractivity contribution in [2.24, 2.45) is 0 Å². The number of aromatic nitrogens is 2. The first kappa shape index (κ1) is 13.6. The van der Waals surface area contributed by atoms with E-state index in [4.69, 9.17) is 0 Å². The number of fused-ring (bicyclic) bond motifs is 3. The van der Waals surface area contributed by atoms with Gasteiger partial charge in [0, 0.05) is 18.3 Å². The lowest BCUT2D eigenvalue weighted by Crippen LogP contribution is -2.10. The van der Waals surface area contributed by atoms with Crippen LogP contribution in [0.3, 0.4) is 0 Å². The fraction of sp³-hybridized carbons (Fsp3) is 0.538. The van der Waals surface area contributed by atoms with E-state index in [1.54, 1.807) is 18.4 Å². The summed E-state index contributed by atoms with van der Waals surface area (Å²) in [4.78, 5) is 10.7. The number of aryl methyl sites for hydroxylation is 3. The molecule has 2 heterocycles. The third kappa shape index (κ3) is 2.46. The first-order valence-corrected chi connectivity index (χ1v) is 7.35. The fourth-order valence-electron chi connectivity index (χ4n) is 2.59. The van der Waals surface area contributed by atoms with Gasteiger partial charge in [0.1, 0.15) is 16.5 Å². The summed E-state index contributed by atoms with van der Waals surface area (Å²) in [5, 5.41) is 4.00. The van der Waals surface area contributed by atoms with Crippen molar-refractivity contribution in [3.8, 4) is 0 Å². The Kier molecular flexibility index (Phi) is 3.32. The number of hydrogen-bond donors (Lipinski definition) is 1. The molecule has 1 N–H and O–H groups in total. The predicted molar refractivity (Wildman–Crippen MR) is 73.4 cm³/mol. The van der Waals surface area contributed by atoms with Crippen LogP contribution < -0.4 is 5.32 Å². The number of nitrogens with one attached hydrogen (secondary N) is 1. The van der Waals surface area contributed by atoms with Gasteiger partial charge < -0.3 is 5.32 Å². The Balaban J connectivity index is 2.00. The molecule has 0 saturated carbocycles. The SMILES string of the molecule is CNc1nc(CCC(F)(F)F)nc2sc3c(c12)CCC3. The Labute approximate surface area is 118 Å². The molecule has 0 atom stereocenters. The molecular formula is C13H14F3N3S. The highest BCUT2D eigenvalue weighted by Gasteiger charge is 2.28. The zero-order chi connectivity index (χ0) is 14.3. The van der Waals surface area contributed by atoms with E-state index < -0.39 is 12.6 Å². The monoisotopic (exact) mass is 301 g/mol. The highest BCUT2D eigenvalue weighted by atomic mass is 32.1. The van der Waals surface area contributed by atoms with Crippen LogP contribution >= 0.6 is 11.3 Å². The van der Waals surface area contributed by atoms with Crippen LogP contribution in [0.15, 0.2) is 0 Å².